The van der Waals surface area contributed by atoms with Crippen molar-refractivity contribution < 1.29 is 13.6 Å². The van der Waals surface area contributed by atoms with Gasteiger partial charge in [-0.05, 0) is 48.6 Å². The first-order chi connectivity index (χ1) is 12.7. The molecule has 1 fully saturated rings. The van der Waals surface area contributed by atoms with Crippen LogP contribution in [0.5, 0.6) is 0 Å². The van der Waals surface area contributed by atoms with Crippen LogP contribution in [0.3, 0.4) is 0 Å². The fourth-order valence-electron chi connectivity index (χ4n) is 3.00. The number of urea groups is 1. The Morgan fingerprint density at radius 3 is 2.88 bits per heavy atom. The van der Waals surface area contributed by atoms with Gasteiger partial charge in [0, 0.05) is 18.8 Å². The van der Waals surface area contributed by atoms with Crippen molar-refractivity contribution in [2.75, 3.05) is 18.4 Å². The first-order valence-electron chi connectivity index (χ1n) is 8.38. The third kappa shape index (κ3) is 3.60. The Labute approximate surface area is 153 Å². The van der Waals surface area contributed by atoms with Crippen molar-refractivity contribution >= 4 is 23.1 Å². The normalized spacial score (nSPS) is 17.3. The van der Waals surface area contributed by atoms with E-state index < -0.39 is 0 Å². The summed E-state index contributed by atoms with van der Waals surface area (Å²) in [4.78, 5) is 15.1. The number of halogens is 1. The number of carbonyl (C=O) groups excluding carboxylic acids is 1. The lowest BCUT2D eigenvalue weighted by Crippen LogP contribution is -2.41. The number of nitrogens with one attached hydrogen (secondary N) is 1. The summed E-state index contributed by atoms with van der Waals surface area (Å²) in [6, 6.07) is 9.38. The standard InChI is InChI=1S/C18H17FN4O2S/c19-13-5-7-14(8-6-13)20-18(24)23-9-1-3-12(11-23)16-21-22-17(25-16)15-4-2-10-26-15/h2,4-8,10,12H,1,3,9,11H2,(H,20,24)/t12-/m1/s1. The molecule has 0 radical (unpaired) electrons. The van der Waals surface area contributed by atoms with Gasteiger partial charge in [-0.1, -0.05) is 6.07 Å². The van der Waals surface area contributed by atoms with E-state index in [0.717, 1.165) is 17.7 Å². The Kier molecular flexibility index (Phi) is 4.66. The van der Waals surface area contributed by atoms with E-state index in [4.69, 9.17) is 4.42 Å². The lowest BCUT2D eigenvalue weighted by molar-refractivity contribution is 0.187. The van der Waals surface area contributed by atoms with Crippen LogP contribution in [0, 0.1) is 5.82 Å². The predicted molar refractivity (Wildman–Crippen MR) is 96.6 cm³/mol. The van der Waals surface area contributed by atoms with Gasteiger partial charge >= 0.3 is 6.03 Å². The molecule has 3 aromatic rings. The second kappa shape index (κ2) is 7.25. The molecule has 1 saturated heterocycles. The molecule has 0 unspecified atom stereocenters. The number of aromatic nitrogens is 2. The van der Waals surface area contributed by atoms with Crippen molar-refractivity contribution in [2.24, 2.45) is 0 Å². The maximum absolute atomic E-state index is 13.0. The van der Waals surface area contributed by atoms with E-state index in [1.807, 2.05) is 17.5 Å². The molecule has 3 heterocycles. The van der Waals surface area contributed by atoms with Gasteiger partial charge in [-0.3, -0.25) is 0 Å². The molecule has 0 saturated carbocycles. The highest BCUT2D eigenvalue weighted by Gasteiger charge is 2.28. The molecule has 4 rings (SSSR count). The van der Waals surface area contributed by atoms with Gasteiger partial charge in [0.2, 0.25) is 5.89 Å². The number of hydrogen-bond acceptors (Lipinski definition) is 5. The number of benzene rings is 1. The van der Waals surface area contributed by atoms with Crippen LogP contribution in [0.1, 0.15) is 24.7 Å². The number of likely N-dealkylation sites (tertiary alicyclic amines) is 1. The number of rotatable bonds is 3. The van der Waals surface area contributed by atoms with Crippen molar-refractivity contribution in [2.45, 2.75) is 18.8 Å². The third-order valence-electron chi connectivity index (χ3n) is 4.33. The fourth-order valence-corrected chi connectivity index (χ4v) is 3.64. The minimum atomic E-state index is -0.334. The van der Waals surface area contributed by atoms with Crippen molar-refractivity contribution in [1.82, 2.24) is 15.1 Å². The lowest BCUT2D eigenvalue weighted by Gasteiger charge is -2.31. The Bertz CT molecular complexity index is 879. The number of anilines is 1. The molecule has 8 heteroatoms. The molecule has 0 aliphatic carbocycles. The van der Waals surface area contributed by atoms with Crippen LogP contribution >= 0.6 is 11.3 Å². The van der Waals surface area contributed by atoms with E-state index in [1.54, 1.807) is 28.4 Å². The molecule has 0 spiro atoms. The Hall–Kier alpha value is -2.74. The zero-order valence-electron chi connectivity index (χ0n) is 13.9. The van der Waals surface area contributed by atoms with Crippen LogP contribution in [0.2, 0.25) is 0 Å². The van der Waals surface area contributed by atoms with Gasteiger partial charge in [-0.25, -0.2) is 9.18 Å². The van der Waals surface area contributed by atoms with Gasteiger partial charge in [-0.15, -0.1) is 21.5 Å². The highest BCUT2D eigenvalue weighted by atomic mass is 32.1. The largest absolute Gasteiger partial charge is 0.420 e. The van der Waals surface area contributed by atoms with Crippen molar-refractivity contribution in [3.63, 3.8) is 0 Å². The zero-order valence-corrected chi connectivity index (χ0v) is 14.7. The summed E-state index contributed by atoms with van der Waals surface area (Å²) in [6.45, 7) is 1.18. The maximum atomic E-state index is 13.0. The number of nitrogens with zero attached hydrogens (tertiary/aromatic N) is 3. The molecule has 1 aromatic carbocycles. The summed E-state index contributed by atoms with van der Waals surface area (Å²) in [5.74, 6) is 0.762. The SMILES string of the molecule is O=C(Nc1ccc(F)cc1)N1CCC[C@@H](c2nnc(-c3cccs3)o2)C1. The minimum Gasteiger partial charge on any atom is -0.420 e. The number of amides is 2. The van der Waals surface area contributed by atoms with Gasteiger partial charge < -0.3 is 14.6 Å². The molecular formula is C18H17FN4O2S. The smallest absolute Gasteiger partial charge is 0.321 e. The maximum Gasteiger partial charge on any atom is 0.321 e. The fraction of sp³-hybridized carbons (Fsp3) is 0.278. The van der Waals surface area contributed by atoms with Gasteiger partial charge in [0.1, 0.15) is 5.82 Å². The van der Waals surface area contributed by atoms with E-state index in [0.29, 0.717) is 30.6 Å². The van der Waals surface area contributed by atoms with Gasteiger partial charge in [-0.2, -0.15) is 0 Å². The average molecular weight is 372 g/mol. The van der Waals surface area contributed by atoms with E-state index in [1.165, 1.54) is 12.1 Å². The van der Waals surface area contributed by atoms with Crippen LogP contribution in [0.15, 0.2) is 46.2 Å². The highest BCUT2D eigenvalue weighted by Crippen LogP contribution is 2.30. The van der Waals surface area contributed by atoms with E-state index >= 15 is 0 Å². The number of piperidine rings is 1. The molecule has 1 atom stereocenters. The van der Waals surface area contributed by atoms with Crippen LogP contribution in [-0.4, -0.2) is 34.2 Å². The average Bonchev–Trinajstić information content (AvgIpc) is 3.35. The number of thiophene rings is 1. The molecule has 134 valence electrons. The summed E-state index contributed by atoms with van der Waals surface area (Å²) in [5, 5.41) is 13.0. The molecule has 2 aromatic heterocycles. The summed E-state index contributed by atoms with van der Waals surface area (Å²) >= 11 is 1.55. The molecule has 1 aliphatic rings. The van der Waals surface area contributed by atoms with Crippen LogP contribution in [0.4, 0.5) is 14.9 Å². The van der Waals surface area contributed by atoms with E-state index in [9.17, 15) is 9.18 Å². The molecular weight excluding hydrogens is 355 g/mol. The zero-order chi connectivity index (χ0) is 17.9. The topological polar surface area (TPSA) is 71.3 Å². The lowest BCUT2D eigenvalue weighted by atomic mass is 9.98. The molecule has 26 heavy (non-hydrogen) atoms. The van der Waals surface area contributed by atoms with E-state index in [2.05, 4.69) is 15.5 Å². The van der Waals surface area contributed by atoms with E-state index in [-0.39, 0.29) is 17.8 Å². The molecule has 6 nitrogen and oxygen atoms in total. The minimum absolute atomic E-state index is 0.0175. The second-order valence-electron chi connectivity index (χ2n) is 6.14. The monoisotopic (exact) mass is 372 g/mol. The summed E-state index contributed by atoms with van der Waals surface area (Å²) in [6.07, 6.45) is 1.75. The van der Waals surface area contributed by atoms with Crippen molar-refractivity contribution in [3.05, 3.63) is 53.5 Å². The van der Waals surface area contributed by atoms with Gasteiger partial charge in [0.05, 0.1) is 10.8 Å². The molecule has 2 amide bonds. The van der Waals surface area contributed by atoms with Gasteiger partial charge in [0.15, 0.2) is 0 Å². The van der Waals surface area contributed by atoms with Crippen LogP contribution < -0.4 is 5.32 Å². The Balaban J connectivity index is 1.42. The molecule has 1 aliphatic heterocycles. The predicted octanol–water partition coefficient (Wildman–Crippen LogP) is 4.35. The first-order valence-corrected chi connectivity index (χ1v) is 9.26. The summed E-state index contributed by atoms with van der Waals surface area (Å²) in [5.41, 5.74) is 0.566. The Morgan fingerprint density at radius 2 is 2.12 bits per heavy atom. The quantitative estimate of drug-likeness (QED) is 0.742. The summed E-state index contributed by atoms with van der Waals surface area (Å²) < 4.78 is 18.8. The number of hydrogen-bond donors (Lipinski definition) is 1. The summed E-state index contributed by atoms with van der Waals surface area (Å²) in [7, 11) is 0. The Morgan fingerprint density at radius 1 is 1.27 bits per heavy atom. The van der Waals surface area contributed by atoms with Crippen molar-refractivity contribution in [3.8, 4) is 10.8 Å². The molecule has 1 N–H and O–H groups in total. The van der Waals surface area contributed by atoms with Gasteiger partial charge in [0.25, 0.3) is 5.89 Å². The highest BCUT2D eigenvalue weighted by molar-refractivity contribution is 7.13. The van der Waals surface area contributed by atoms with Crippen LogP contribution in [0.25, 0.3) is 10.8 Å². The first kappa shape index (κ1) is 16.7. The third-order valence-corrected chi connectivity index (χ3v) is 5.18. The van der Waals surface area contributed by atoms with Crippen LogP contribution in [-0.2, 0) is 0 Å². The number of carbonyl (C=O) groups is 1. The second-order valence-corrected chi connectivity index (χ2v) is 7.09. The molecule has 0 bridgehead atoms. The van der Waals surface area contributed by atoms with Crippen molar-refractivity contribution in [1.29, 1.82) is 0 Å².